The van der Waals surface area contributed by atoms with Crippen molar-refractivity contribution in [3.63, 3.8) is 0 Å². The van der Waals surface area contributed by atoms with E-state index < -0.39 is 0 Å². The zero-order chi connectivity index (χ0) is 24.6. The Morgan fingerprint density at radius 1 is 0.971 bits per heavy atom. The molecule has 0 spiro atoms. The van der Waals surface area contributed by atoms with E-state index in [-0.39, 0.29) is 24.2 Å². The molecule has 3 unspecified atom stereocenters. The Morgan fingerprint density at radius 2 is 1.71 bits per heavy atom. The van der Waals surface area contributed by atoms with Crippen molar-refractivity contribution in [1.29, 1.82) is 0 Å². The van der Waals surface area contributed by atoms with Crippen LogP contribution in [0, 0.1) is 0 Å². The molecule has 2 aromatic carbocycles. The summed E-state index contributed by atoms with van der Waals surface area (Å²) in [4.78, 5) is 18.0. The van der Waals surface area contributed by atoms with Gasteiger partial charge < -0.3 is 23.8 Å². The number of amides is 1. The van der Waals surface area contributed by atoms with Crippen molar-refractivity contribution < 1.29 is 23.7 Å². The molecule has 2 aromatic rings. The fourth-order valence-corrected chi connectivity index (χ4v) is 5.05. The molecule has 0 radical (unpaired) electrons. The van der Waals surface area contributed by atoms with Gasteiger partial charge >= 0.3 is 0 Å². The lowest BCUT2D eigenvalue weighted by molar-refractivity contribution is -0.0715. The van der Waals surface area contributed by atoms with Crippen LogP contribution in [-0.2, 0) is 4.74 Å². The maximum Gasteiger partial charge on any atom is 0.254 e. The lowest BCUT2D eigenvalue weighted by Gasteiger charge is -2.38. The minimum atomic E-state index is 0.0572. The van der Waals surface area contributed by atoms with Gasteiger partial charge in [0.05, 0.1) is 18.8 Å². The van der Waals surface area contributed by atoms with E-state index in [1.54, 1.807) is 0 Å². The first kappa shape index (κ1) is 25.3. The van der Waals surface area contributed by atoms with E-state index in [2.05, 4.69) is 18.7 Å². The Kier molecular flexibility index (Phi) is 8.88. The average molecular weight is 483 g/mol. The second kappa shape index (κ2) is 12.3. The summed E-state index contributed by atoms with van der Waals surface area (Å²) in [6, 6.07) is 15.4. The third-order valence-electron chi connectivity index (χ3n) is 6.45. The molecule has 7 heteroatoms. The van der Waals surface area contributed by atoms with E-state index in [0.717, 1.165) is 44.8 Å². The summed E-state index contributed by atoms with van der Waals surface area (Å²) in [6.45, 7) is 11.0. The predicted octanol–water partition coefficient (Wildman–Crippen LogP) is 4.26. The summed E-state index contributed by atoms with van der Waals surface area (Å²) in [7, 11) is 0. The van der Waals surface area contributed by atoms with Crippen LogP contribution in [0.15, 0.2) is 48.5 Å². The summed E-state index contributed by atoms with van der Waals surface area (Å²) in [5.41, 5.74) is 0.636. The number of para-hydroxylation sites is 1. The molecule has 35 heavy (non-hydrogen) atoms. The molecule has 0 saturated carbocycles. The van der Waals surface area contributed by atoms with Crippen LogP contribution in [0.2, 0.25) is 0 Å². The van der Waals surface area contributed by atoms with E-state index in [9.17, 15) is 4.79 Å². The molecular weight excluding hydrogens is 444 g/mol. The molecule has 190 valence electrons. The molecule has 1 amide bonds. The Morgan fingerprint density at radius 3 is 2.46 bits per heavy atom. The molecule has 2 aliphatic heterocycles. The molecule has 2 fully saturated rings. The number of hydrogen-bond donors (Lipinski definition) is 0. The van der Waals surface area contributed by atoms with Gasteiger partial charge in [-0.25, -0.2) is 0 Å². The summed E-state index contributed by atoms with van der Waals surface area (Å²) < 4.78 is 23.3. The quantitative estimate of drug-likeness (QED) is 0.472. The van der Waals surface area contributed by atoms with Crippen LogP contribution < -0.4 is 14.2 Å². The number of carbonyl (C=O) groups excluding carboxylic acids is 1. The second-order valence-corrected chi connectivity index (χ2v) is 9.37. The van der Waals surface area contributed by atoms with Crippen LogP contribution in [0.25, 0.3) is 0 Å². The van der Waals surface area contributed by atoms with Gasteiger partial charge in [-0.1, -0.05) is 18.2 Å². The fraction of sp³-hybridized carbons (Fsp3) is 0.536. The number of ether oxygens (including phenoxy) is 4. The Balaban J connectivity index is 1.37. The zero-order valence-corrected chi connectivity index (χ0v) is 21.2. The van der Waals surface area contributed by atoms with Crippen molar-refractivity contribution in [2.24, 2.45) is 0 Å². The number of nitrogens with zero attached hydrogens (tertiary/aromatic N) is 2. The Labute approximate surface area is 208 Å². The van der Waals surface area contributed by atoms with Gasteiger partial charge in [-0.15, -0.1) is 0 Å². The molecule has 7 nitrogen and oxygen atoms in total. The first-order valence-electron chi connectivity index (χ1n) is 12.8. The lowest BCUT2D eigenvalue weighted by Crippen LogP contribution is -2.50. The number of likely N-dealkylation sites (tertiary alicyclic amines) is 1. The van der Waals surface area contributed by atoms with Crippen molar-refractivity contribution in [2.75, 3.05) is 46.0 Å². The van der Waals surface area contributed by atoms with E-state index in [1.165, 1.54) is 0 Å². The van der Waals surface area contributed by atoms with Crippen LogP contribution in [0.1, 0.15) is 44.0 Å². The molecule has 4 rings (SSSR count). The van der Waals surface area contributed by atoms with Crippen molar-refractivity contribution >= 4 is 5.91 Å². The van der Waals surface area contributed by atoms with Gasteiger partial charge in [-0.2, -0.15) is 0 Å². The second-order valence-electron chi connectivity index (χ2n) is 9.37. The molecule has 0 bridgehead atoms. The highest BCUT2D eigenvalue weighted by Crippen LogP contribution is 2.30. The van der Waals surface area contributed by atoms with Gasteiger partial charge in [-0.05, 0) is 63.9 Å². The highest BCUT2D eigenvalue weighted by Gasteiger charge is 2.33. The Bertz CT molecular complexity index is 944. The minimum Gasteiger partial charge on any atom is -0.490 e. The van der Waals surface area contributed by atoms with Crippen LogP contribution in [0.5, 0.6) is 17.2 Å². The third-order valence-corrected chi connectivity index (χ3v) is 6.45. The number of hydrogen-bond acceptors (Lipinski definition) is 6. The highest BCUT2D eigenvalue weighted by atomic mass is 16.5. The van der Waals surface area contributed by atoms with E-state index in [0.29, 0.717) is 36.9 Å². The molecule has 0 aromatic heterocycles. The van der Waals surface area contributed by atoms with Gasteiger partial charge in [-0.3, -0.25) is 9.69 Å². The molecule has 2 saturated heterocycles. The highest BCUT2D eigenvalue weighted by molar-refractivity contribution is 5.95. The van der Waals surface area contributed by atoms with Crippen molar-refractivity contribution in [1.82, 2.24) is 9.80 Å². The maximum absolute atomic E-state index is 13.5. The summed E-state index contributed by atoms with van der Waals surface area (Å²) in [5, 5.41) is 0. The molecule has 0 N–H and O–H groups in total. The normalized spacial score (nSPS) is 22.7. The minimum absolute atomic E-state index is 0.0572. The van der Waals surface area contributed by atoms with Gasteiger partial charge in [0.2, 0.25) is 0 Å². The number of rotatable bonds is 10. The number of carbonyl (C=O) groups is 1. The molecule has 0 aliphatic carbocycles. The molecular formula is C28H38N2O5. The summed E-state index contributed by atoms with van der Waals surface area (Å²) >= 11 is 0. The van der Waals surface area contributed by atoms with Crippen LogP contribution in [0.4, 0.5) is 0 Å². The number of morpholine rings is 1. The third kappa shape index (κ3) is 6.89. The van der Waals surface area contributed by atoms with Crippen molar-refractivity contribution in [2.45, 2.75) is 51.9 Å². The zero-order valence-electron chi connectivity index (χ0n) is 21.2. The number of benzene rings is 2. The maximum atomic E-state index is 13.5. The van der Waals surface area contributed by atoms with Gasteiger partial charge in [0.1, 0.15) is 19.0 Å². The van der Waals surface area contributed by atoms with Gasteiger partial charge in [0, 0.05) is 37.8 Å². The predicted molar refractivity (Wildman–Crippen MR) is 136 cm³/mol. The molecule has 2 heterocycles. The Hall–Kier alpha value is -2.77. The SMILES string of the molecule is CCOc1cc(C(=O)N2CCCC2CN2CC(C)OC(C)C2)ccc1OCCOc1ccccc1. The fourth-order valence-electron chi connectivity index (χ4n) is 5.05. The van der Waals surface area contributed by atoms with E-state index in [4.69, 9.17) is 18.9 Å². The van der Waals surface area contributed by atoms with E-state index >= 15 is 0 Å². The van der Waals surface area contributed by atoms with Gasteiger partial charge in [0.25, 0.3) is 5.91 Å². The van der Waals surface area contributed by atoms with E-state index in [1.807, 2.05) is 60.4 Å². The smallest absolute Gasteiger partial charge is 0.254 e. The topological polar surface area (TPSA) is 60.5 Å². The largest absolute Gasteiger partial charge is 0.490 e. The van der Waals surface area contributed by atoms with Crippen molar-refractivity contribution in [3.8, 4) is 17.2 Å². The van der Waals surface area contributed by atoms with Gasteiger partial charge in [0.15, 0.2) is 11.5 Å². The first-order valence-corrected chi connectivity index (χ1v) is 12.8. The summed E-state index contributed by atoms with van der Waals surface area (Å²) in [6.07, 6.45) is 2.52. The average Bonchev–Trinajstić information content (AvgIpc) is 3.30. The lowest BCUT2D eigenvalue weighted by atomic mass is 10.1. The van der Waals surface area contributed by atoms with Crippen LogP contribution in [-0.4, -0.2) is 80.0 Å². The first-order chi connectivity index (χ1) is 17.0. The monoisotopic (exact) mass is 482 g/mol. The van der Waals surface area contributed by atoms with Crippen LogP contribution in [0.3, 0.4) is 0 Å². The molecule has 2 aliphatic rings. The summed E-state index contributed by atoms with van der Waals surface area (Å²) in [5.74, 6) is 2.07. The standard InChI is InChI=1S/C28H38N2O5/c1-4-32-27-17-23(12-13-26(27)34-16-15-33-25-10-6-5-7-11-25)28(31)30-14-8-9-24(30)20-29-18-21(2)35-22(3)19-29/h5-7,10-13,17,21-22,24H,4,8-9,14-16,18-20H2,1-3H3. The molecule has 3 atom stereocenters. The van der Waals surface area contributed by atoms with Crippen molar-refractivity contribution in [3.05, 3.63) is 54.1 Å². The van der Waals surface area contributed by atoms with Crippen LogP contribution >= 0.6 is 0 Å².